The Morgan fingerprint density at radius 3 is 3.04 bits per heavy atom. The first kappa shape index (κ1) is 16.3. The molecule has 0 aliphatic carbocycles. The van der Waals surface area contributed by atoms with Crippen molar-refractivity contribution in [2.24, 2.45) is 13.0 Å². The van der Waals surface area contributed by atoms with Crippen LogP contribution in [0.1, 0.15) is 17.3 Å². The molecule has 25 heavy (non-hydrogen) atoms. The molecule has 1 atom stereocenters. The van der Waals surface area contributed by atoms with Gasteiger partial charge in [0.2, 0.25) is 5.89 Å². The molecule has 0 saturated carbocycles. The molecule has 6 nitrogen and oxygen atoms in total. The van der Waals surface area contributed by atoms with Gasteiger partial charge in [-0.3, -0.25) is 4.90 Å². The summed E-state index contributed by atoms with van der Waals surface area (Å²) in [4.78, 5) is 6.68. The minimum atomic E-state index is 0.469. The Bertz CT molecular complexity index is 854. The van der Waals surface area contributed by atoms with Crippen LogP contribution < -0.4 is 0 Å². The summed E-state index contributed by atoms with van der Waals surface area (Å²) in [5, 5.41) is 5.31. The lowest BCUT2D eigenvalue weighted by Crippen LogP contribution is -2.30. The Kier molecular flexibility index (Phi) is 4.55. The summed E-state index contributed by atoms with van der Waals surface area (Å²) in [6.45, 7) is 5.99. The zero-order valence-electron chi connectivity index (χ0n) is 14.8. The summed E-state index contributed by atoms with van der Waals surface area (Å²) >= 11 is 0. The second-order valence-corrected chi connectivity index (χ2v) is 6.93. The van der Waals surface area contributed by atoms with Crippen molar-refractivity contribution < 1.29 is 9.26 Å². The average Bonchev–Trinajstić information content (AvgIpc) is 3.09. The van der Waals surface area contributed by atoms with Crippen LogP contribution in [0.2, 0.25) is 0 Å². The summed E-state index contributed by atoms with van der Waals surface area (Å²) < 4.78 is 13.1. The van der Waals surface area contributed by atoms with Crippen LogP contribution in [0.4, 0.5) is 0 Å². The minimum Gasteiger partial charge on any atom is -0.380 e. The fourth-order valence-corrected chi connectivity index (χ4v) is 3.62. The van der Waals surface area contributed by atoms with Crippen molar-refractivity contribution in [3.8, 4) is 0 Å². The van der Waals surface area contributed by atoms with Gasteiger partial charge in [-0.05, 0) is 41.5 Å². The Morgan fingerprint density at radius 2 is 2.20 bits per heavy atom. The average molecular weight is 340 g/mol. The molecular weight excluding hydrogens is 316 g/mol. The highest BCUT2D eigenvalue weighted by Crippen LogP contribution is 2.20. The molecule has 0 radical (unpaired) electrons. The highest BCUT2D eigenvalue weighted by atomic mass is 16.5. The van der Waals surface area contributed by atoms with E-state index in [-0.39, 0.29) is 0 Å². The van der Waals surface area contributed by atoms with E-state index in [2.05, 4.69) is 57.1 Å². The molecule has 0 N–H and O–H groups in total. The molecule has 1 saturated heterocycles. The molecule has 2 aromatic heterocycles. The lowest BCUT2D eigenvalue weighted by molar-refractivity contribution is 0.121. The normalized spacial score (nSPS) is 19.4. The van der Waals surface area contributed by atoms with Crippen molar-refractivity contribution >= 4 is 10.9 Å². The van der Waals surface area contributed by atoms with Crippen LogP contribution in [0, 0.1) is 12.8 Å². The SMILES string of the molecule is Cc1nc(CN2CCOC[C@H](Cc3ccc4c(ccn4C)c3)C2)no1. The second-order valence-electron chi connectivity index (χ2n) is 6.93. The van der Waals surface area contributed by atoms with Crippen molar-refractivity contribution in [3.63, 3.8) is 0 Å². The van der Waals surface area contributed by atoms with E-state index in [0.29, 0.717) is 11.8 Å². The molecule has 6 heteroatoms. The number of hydrogen-bond acceptors (Lipinski definition) is 5. The monoisotopic (exact) mass is 340 g/mol. The number of nitrogens with zero attached hydrogens (tertiary/aromatic N) is 4. The maximum atomic E-state index is 5.83. The van der Waals surface area contributed by atoms with Crippen molar-refractivity contribution in [1.29, 1.82) is 0 Å². The maximum Gasteiger partial charge on any atom is 0.223 e. The number of rotatable bonds is 4. The third kappa shape index (κ3) is 3.75. The van der Waals surface area contributed by atoms with E-state index in [0.717, 1.165) is 45.1 Å². The van der Waals surface area contributed by atoms with Crippen molar-refractivity contribution in [2.45, 2.75) is 19.9 Å². The molecule has 0 amide bonds. The minimum absolute atomic E-state index is 0.469. The first-order chi connectivity index (χ1) is 12.2. The van der Waals surface area contributed by atoms with Gasteiger partial charge in [0.25, 0.3) is 0 Å². The van der Waals surface area contributed by atoms with Crippen LogP contribution in [-0.2, 0) is 24.8 Å². The van der Waals surface area contributed by atoms with E-state index in [1.807, 2.05) is 6.92 Å². The largest absolute Gasteiger partial charge is 0.380 e. The van der Waals surface area contributed by atoms with Gasteiger partial charge in [-0.15, -0.1) is 0 Å². The van der Waals surface area contributed by atoms with Gasteiger partial charge < -0.3 is 13.8 Å². The molecule has 1 aromatic carbocycles. The molecule has 3 heterocycles. The molecule has 1 fully saturated rings. The molecule has 4 rings (SSSR count). The number of hydrogen-bond donors (Lipinski definition) is 0. The molecule has 0 bridgehead atoms. The third-order valence-electron chi connectivity index (χ3n) is 4.83. The highest BCUT2D eigenvalue weighted by Gasteiger charge is 2.21. The van der Waals surface area contributed by atoms with Crippen molar-refractivity contribution in [3.05, 3.63) is 47.7 Å². The van der Waals surface area contributed by atoms with Gasteiger partial charge >= 0.3 is 0 Å². The van der Waals surface area contributed by atoms with Crippen LogP contribution in [0.3, 0.4) is 0 Å². The zero-order valence-corrected chi connectivity index (χ0v) is 14.8. The predicted molar refractivity (Wildman–Crippen MR) is 95.2 cm³/mol. The molecule has 1 aliphatic heterocycles. The summed E-state index contributed by atoms with van der Waals surface area (Å²) in [5.41, 5.74) is 2.64. The molecule has 1 aliphatic rings. The van der Waals surface area contributed by atoms with Gasteiger partial charge in [-0.25, -0.2) is 0 Å². The lowest BCUT2D eigenvalue weighted by Gasteiger charge is -2.22. The van der Waals surface area contributed by atoms with Gasteiger partial charge in [0, 0.05) is 38.8 Å². The predicted octanol–water partition coefficient (Wildman–Crippen LogP) is 2.56. The fourth-order valence-electron chi connectivity index (χ4n) is 3.62. The van der Waals surface area contributed by atoms with E-state index < -0.39 is 0 Å². The Morgan fingerprint density at radius 1 is 1.28 bits per heavy atom. The number of fused-ring (bicyclic) bond motifs is 1. The van der Waals surface area contributed by atoms with Crippen LogP contribution in [0.15, 0.2) is 35.0 Å². The van der Waals surface area contributed by atoms with E-state index in [1.54, 1.807) is 0 Å². The molecule has 0 spiro atoms. The Balaban J connectivity index is 1.44. The fraction of sp³-hybridized carbons (Fsp3) is 0.474. The highest BCUT2D eigenvalue weighted by molar-refractivity contribution is 5.80. The van der Waals surface area contributed by atoms with Crippen molar-refractivity contribution in [2.75, 3.05) is 26.3 Å². The maximum absolute atomic E-state index is 5.83. The third-order valence-corrected chi connectivity index (χ3v) is 4.83. The standard InChI is InChI=1S/C19H24N4O2/c1-14-20-19(21-25-14)12-23-7-8-24-13-16(11-23)9-15-3-4-18-17(10-15)5-6-22(18)2/h3-6,10,16H,7-9,11-13H2,1-2H3/t16-/m1/s1. The van der Waals surface area contributed by atoms with Gasteiger partial charge in [0.1, 0.15) is 0 Å². The van der Waals surface area contributed by atoms with Gasteiger partial charge in [-0.1, -0.05) is 11.2 Å². The summed E-state index contributed by atoms with van der Waals surface area (Å²) in [5.74, 6) is 1.84. The van der Waals surface area contributed by atoms with Crippen LogP contribution >= 0.6 is 0 Å². The number of aryl methyl sites for hydroxylation is 2. The number of aromatic nitrogens is 3. The zero-order chi connectivity index (χ0) is 17.2. The first-order valence-electron chi connectivity index (χ1n) is 8.80. The molecular formula is C19H24N4O2. The van der Waals surface area contributed by atoms with Gasteiger partial charge in [0.05, 0.1) is 19.8 Å². The van der Waals surface area contributed by atoms with E-state index >= 15 is 0 Å². The summed E-state index contributed by atoms with van der Waals surface area (Å²) in [6, 6.07) is 8.92. The van der Waals surface area contributed by atoms with E-state index in [4.69, 9.17) is 9.26 Å². The number of ether oxygens (including phenoxy) is 1. The van der Waals surface area contributed by atoms with Gasteiger partial charge in [-0.2, -0.15) is 4.98 Å². The molecule has 0 unspecified atom stereocenters. The Labute approximate surface area is 147 Å². The first-order valence-corrected chi connectivity index (χ1v) is 8.80. The smallest absolute Gasteiger partial charge is 0.223 e. The Hall–Kier alpha value is -2.18. The lowest BCUT2D eigenvalue weighted by atomic mass is 9.98. The van der Waals surface area contributed by atoms with Gasteiger partial charge in [0.15, 0.2) is 5.82 Å². The van der Waals surface area contributed by atoms with Crippen LogP contribution in [0.25, 0.3) is 10.9 Å². The van der Waals surface area contributed by atoms with Crippen LogP contribution in [-0.4, -0.2) is 45.9 Å². The van der Waals surface area contributed by atoms with Crippen LogP contribution in [0.5, 0.6) is 0 Å². The molecule has 3 aromatic rings. The second kappa shape index (κ2) is 6.98. The summed E-state index contributed by atoms with van der Waals surface area (Å²) in [7, 11) is 2.08. The van der Waals surface area contributed by atoms with E-state index in [1.165, 1.54) is 16.5 Å². The van der Waals surface area contributed by atoms with E-state index in [9.17, 15) is 0 Å². The molecule has 132 valence electrons. The van der Waals surface area contributed by atoms with Crippen molar-refractivity contribution in [1.82, 2.24) is 19.6 Å². The topological polar surface area (TPSA) is 56.3 Å². The summed E-state index contributed by atoms with van der Waals surface area (Å²) in [6.07, 6.45) is 3.13. The quantitative estimate of drug-likeness (QED) is 0.731. The number of benzene rings is 1.